The zero-order valence-corrected chi connectivity index (χ0v) is 17.1. The van der Waals surface area contributed by atoms with Crippen molar-refractivity contribution in [3.05, 3.63) is 0 Å². The van der Waals surface area contributed by atoms with Gasteiger partial charge < -0.3 is 4.74 Å². The van der Waals surface area contributed by atoms with E-state index in [1.54, 1.807) is 0 Å². The van der Waals surface area contributed by atoms with E-state index >= 15 is 0 Å². The largest absolute Gasteiger partial charge is 0.376 e. The summed E-state index contributed by atoms with van der Waals surface area (Å²) in [6.45, 7) is 17.2. The number of ether oxygens (including phenoxy) is 1. The number of hydrogen-bond donors (Lipinski definition) is 0. The zero-order valence-electron chi connectivity index (χ0n) is 16.3. The van der Waals surface area contributed by atoms with Crippen molar-refractivity contribution in [3.63, 3.8) is 0 Å². The van der Waals surface area contributed by atoms with Gasteiger partial charge in [-0.05, 0) is 41.3 Å². The highest BCUT2D eigenvalue weighted by Crippen LogP contribution is 2.68. The highest BCUT2D eigenvalue weighted by atomic mass is 32.2. The Hall–Kier alpha value is -0.130. The number of thioether (sulfide) groups is 1. The lowest BCUT2D eigenvalue weighted by Crippen LogP contribution is -2.42. The summed E-state index contributed by atoms with van der Waals surface area (Å²) in [5, 5.41) is 3.96. The second-order valence-electron chi connectivity index (χ2n) is 9.54. The van der Waals surface area contributed by atoms with Crippen molar-refractivity contribution in [2.45, 2.75) is 91.9 Å². The van der Waals surface area contributed by atoms with Crippen LogP contribution in [0.5, 0.6) is 0 Å². The molecule has 0 radical (unpaired) electrons. The summed E-state index contributed by atoms with van der Waals surface area (Å²) in [4.78, 5) is 0. The molecule has 2 aliphatic carbocycles. The van der Waals surface area contributed by atoms with E-state index in [-0.39, 0.29) is 5.41 Å². The van der Waals surface area contributed by atoms with E-state index in [9.17, 15) is 0 Å². The highest BCUT2D eigenvalue weighted by molar-refractivity contribution is 8.04. The van der Waals surface area contributed by atoms with Crippen molar-refractivity contribution in [1.82, 2.24) is 0 Å². The molecule has 1 nitrogen and oxygen atoms in total. The van der Waals surface area contributed by atoms with Crippen LogP contribution >= 0.6 is 11.8 Å². The number of hydrogen-bond acceptors (Lipinski definition) is 2. The minimum absolute atomic E-state index is 0.227. The van der Waals surface area contributed by atoms with E-state index in [0.717, 1.165) is 18.9 Å². The molecule has 0 aromatic carbocycles. The van der Waals surface area contributed by atoms with Gasteiger partial charge in [0.2, 0.25) is 0 Å². The van der Waals surface area contributed by atoms with Gasteiger partial charge in [0.1, 0.15) is 0 Å². The molecule has 2 bridgehead atoms. The zero-order chi connectivity index (χ0) is 17.3. The summed E-state index contributed by atoms with van der Waals surface area (Å²) in [7, 11) is 0. The molecule has 2 heteroatoms. The van der Waals surface area contributed by atoms with Gasteiger partial charge in [0.05, 0.1) is 12.7 Å². The average Bonchev–Trinajstić information content (AvgIpc) is 2.75. The third kappa shape index (κ3) is 3.77. The van der Waals surface area contributed by atoms with Crippen LogP contribution in [0.15, 0.2) is 0 Å². The molecule has 0 N–H and O–H groups in total. The van der Waals surface area contributed by atoms with Crippen LogP contribution in [0.1, 0.15) is 80.6 Å². The van der Waals surface area contributed by atoms with Crippen LogP contribution in [0.2, 0.25) is 0 Å². The Morgan fingerprint density at radius 1 is 1.22 bits per heavy atom. The predicted molar refractivity (Wildman–Crippen MR) is 102 cm³/mol. The first-order chi connectivity index (χ1) is 10.6. The Morgan fingerprint density at radius 3 is 2.52 bits per heavy atom. The lowest BCUT2D eigenvalue weighted by atomic mass is 9.70. The van der Waals surface area contributed by atoms with Gasteiger partial charge in [-0.3, -0.25) is 0 Å². The molecule has 2 saturated carbocycles. The van der Waals surface area contributed by atoms with Crippen molar-refractivity contribution in [1.29, 1.82) is 0 Å². The maximum Gasteiger partial charge on any atom is 0.0765 e. The monoisotopic (exact) mass is 336 g/mol. The Bertz CT molecular complexity index is 464. The fraction of sp³-hybridized carbons (Fsp3) is 0.905. The molecule has 0 amide bonds. The third-order valence-corrected chi connectivity index (χ3v) is 7.43. The summed E-state index contributed by atoms with van der Waals surface area (Å²) in [5.74, 6) is 4.10. The molecule has 0 heterocycles. The van der Waals surface area contributed by atoms with Crippen LogP contribution in [0.25, 0.3) is 0 Å². The summed E-state index contributed by atoms with van der Waals surface area (Å²) >= 11 is 1.87. The molecule has 0 aliphatic heterocycles. The average molecular weight is 337 g/mol. The standard InChI is InChI=1S/C21H36OS/c1-8-9-10-11-14-23-17-16-12-13-21(7,20(16,5)6)18(17)22-15-19(2,3)4/h16-18H,8-10,12-13,15H2,1-7H3/t16-,17-,18-,21+/m0/s1. The quantitative estimate of drug-likeness (QED) is 0.441. The van der Waals surface area contributed by atoms with Gasteiger partial charge in [-0.2, -0.15) is 0 Å². The molecule has 0 aromatic heterocycles. The molecule has 4 atom stereocenters. The van der Waals surface area contributed by atoms with Crippen LogP contribution < -0.4 is 0 Å². The molecular formula is C21H36OS. The third-order valence-electron chi connectivity index (χ3n) is 6.31. The molecule has 132 valence electrons. The van der Waals surface area contributed by atoms with E-state index in [1.165, 1.54) is 25.7 Å². The molecule has 0 spiro atoms. The number of rotatable bonds is 5. The summed E-state index contributed by atoms with van der Waals surface area (Å²) in [6, 6.07) is 0. The van der Waals surface area contributed by atoms with Crippen LogP contribution in [-0.4, -0.2) is 18.0 Å². The molecule has 0 aromatic rings. The van der Waals surface area contributed by atoms with Gasteiger partial charge in [-0.15, -0.1) is 0 Å². The van der Waals surface area contributed by atoms with Crippen molar-refractivity contribution >= 4 is 11.8 Å². The fourth-order valence-corrected chi connectivity index (χ4v) is 5.87. The second-order valence-corrected chi connectivity index (χ2v) is 10.5. The van der Waals surface area contributed by atoms with E-state index in [2.05, 4.69) is 59.6 Å². The summed E-state index contributed by atoms with van der Waals surface area (Å²) < 4.78 is 6.54. The minimum Gasteiger partial charge on any atom is -0.376 e. The van der Waals surface area contributed by atoms with E-state index in [4.69, 9.17) is 4.74 Å². The van der Waals surface area contributed by atoms with Crippen molar-refractivity contribution in [2.24, 2.45) is 22.2 Å². The Balaban J connectivity index is 2.11. The second kappa shape index (κ2) is 7.01. The SMILES string of the molecule is CCCCC#CS[C@H]1[C@@H]2CC[C@](C)([C@H]1OCC(C)(C)C)C2(C)C. The van der Waals surface area contributed by atoms with E-state index in [0.29, 0.717) is 22.2 Å². The van der Waals surface area contributed by atoms with Crippen LogP contribution in [0, 0.1) is 33.3 Å². The lowest BCUT2D eigenvalue weighted by molar-refractivity contribution is -0.0669. The maximum absolute atomic E-state index is 6.54. The van der Waals surface area contributed by atoms with Crippen LogP contribution in [0.3, 0.4) is 0 Å². The van der Waals surface area contributed by atoms with Crippen LogP contribution in [0.4, 0.5) is 0 Å². The van der Waals surface area contributed by atoms with E-state index < -0.39 is 0 Å². The highest BCUT2D eigenvalue weighted by Gasteiger charge is 2.66. The molecule has 2 rings (SSSR count). The summed E-state index contributed by atoms with van der Waals surface area (Å²) in [5.41, 5.74) is 0.883. The topological polar surface area (TPSA) is 9.23 Å². The minimum atomic E-state index is 0.227. The van der Waals surface area contributed by atoms with Crippen molar-refractivity contribution < 1.29 is 4.74 Å². The van der Waals surface area contributed by atoms with Crippen LogP contribution in [-0.2, 0) is 4.74 Å². The van der Waals surface area contributed by atoms with Crippen molar-refractivity contribution in [2.75, 3.05) is 6.61 Å². The van der Waals surface area contributed by atoms with Gasteiger partial charge in [0.25, 0.3) is 0 Å². The van der Waals surface area contributed by atoms with Gasteiger partial charge in [-0.1, -0.05) is 72.6 Å². The maximum atomic E-state index is 6.54. The molecule has 0 saturated heterocycles. The molecular weight excluding hydrogens is 300 g/mol. The molecule has 0 unspecified atom stereocenters. The first kappa shape index (κ1) is 19.2. The summed E-state index contributed by atoms with van der Waals surface area (Å²) in [6.07, 6.45) is 6.48. The first-order valence-electron chi connectivity index (χ1n) is 9.38. The Labute approximate surface area is 148 Å². The van der Waals surface area contributed by atoms with Gasteiger partial charge in [-0.25, -0.2) is 0 Å². The molecule has 23 heavy (non-hydrogen) atoms. The van der Waals surface area contributed by atoms with Gasteiger partial charge >= 0.3 is 0 Å². The van der Waals surface area contributed by atoms with Gasteiger partial charge in [0.15, 0.2) is 0 Å². The van der Waals surface area contributed by atoms with Gasteiger partial charge in [0, 0.05) is 17.1 Å². The van der Waals surface area contributed by atoms with Crippen molar-refractivity contribution in [3.8, 4) is 11.2 Å². The normalized spacial score (nSPS) is 35.2. The number of fused-ring (bicyclic) bond motifs is 2. The van der Waals surface area contributed by atoms with E-state index in [1.807, 2.05) is 11.8 Å². The smallest absolute Gasteiger partial charge is 0.0765 e. The number of unbranched alkanes of at least 4 members (excludes halogenated alkanes) is 2. The Kier molecular flexibility index (Phi) is 5.85. The lowest BCUT2D eigenvalue weighted by Gasteiger charge is -2.40. The predicted octanol–water partition coefficient (Wildman–Crippen LogP) is 6.13. The first-order valence-corrected chi connectivity index (χ1v) is 10.3. The fourth-order valence-electron chi connectivity index (χ4n) is 4.41. The molecule has 2 aliphatic rings. The molecule has 2 fully saturated rings. The Morgan fingerprint density at radius 2 is 1.91 bits per heavy atom.